The molecule has 5 N–H and O–H groups in total. The summed E-state index contributed by atoms with van der Waals surface area (Å²) in [6.45, 7) is 12.2. The number of phenols is 1. The number of nitrogens with one attached hydrogen (secondary N) is 2. The van der Waals surface area contributed by atoms with Crippen LogP contribution in [0.3, 0.4) is 0 Å². The summed E-state index contributed by atoms with van der Waals surface area (Å²) in [4.78, 5) is 54.3. The van der Waals surface area contributed by atoms with Crippen molar-refractivity contribution in [2.45, 2.75) is 91.0 Å². The summed E-state index contributed by atoms with van der Waals surface area (Å²) in [5.41, 5.74) is 4.77. The highest BCUT2D eigenvalue weighted by atomic mass is 35.5. The van der Waals surface area contributed by atoms with Crippen molar-refractivity contribution >= 4 is 41.1 Å². The Balaban J connectivity index is 2.70. The van der Waals surface area contributed by atoms with Crippen LogP contribution >= 0.6 is 11.6 Å². The van der Waals surface area contributed by atoms with Crippen molar-refractivity contribution in [3.63, 3.8) is 0 Å². The number of ether oxygens (including phenoxy) is 1. The van der Waals surface area contributed by atoms with Crippen molar-refractivity contribution in [1.82, 2.24) is 10.2 Å². The number of halogens is 1. The lowest BCUT2D eigenvalue weighted by molar-refractivity contribution is -0.148. The number of aryl methyl sites for hydroxylation is 1. The van der Waals surface area contributed by atoms with Crippen molar-refractivity contribution in [2.75, 3.05) is 5.32 Å². The number of carbonyl (C=O) groups excluding carboxylic acids is 4. The number of rotatable bonds is 11. The van der Waals surface area contributed by atoms with Gasteiger partial charge in [-0.3, -0.25) is 14.4 Å². The van der Waals surface area contributed by atoms with E-state index in [0.29, 0.717) is 22.7 Å². The molecule has 0 radical (unpaired) electrons. The molecule has 0 fully saturated rings. The average Bonchev–Trinajstić information content (AvgIpc) is 2.86. The first-order chi connectivity index (χ1) is 19.0. The van der Waals surface area contributed by atoms with Gasteiger partial charge in [-0.1, -0.05) is 48.9 Å². The Labute approximate surface area is 246 Å². The van der Waals surface area contributed by atoms with Gasteiger partial charge in [0, 0.05) is 17.5 Å². The molecule has 11 heteroatoms. The van der Waals surface area contributed by atoms with Crippen LogP contribution in [0.15, 0.2) is 42.5 Å². The molecular formula is C30H41ClN4O6. The van der Waals surface area contributed by atoms with E-state index in [-0.39, 0.29) is 24.2 Å². The Hall–Kier alpha value is -3.79. The molecule has 0 spiro atoms. The Morgan fingerprint density at radius 3 is 2.22 bits per heavy atom. The van der Waals surface area contributed by atoms with Crippen LogP contribution in [-0.2, 0) is 19.1 Å². The van der Waals surface area contributed by atoms with Gasteiger partial charge in [0.15, 0.2) is 0 Å². The van der Waals surface area contributed by atoms with Gasteiger partial charge < -0.3 is 31.1 Å². The van der Waals surface area contributed by atoms with Gasteiger partial charge in [0.1, 0.15) is 23.4 Å². The second-order valence-corrected chi connectivity index (χ2v) is 11.9. The summed E-state index contributed by atoms with van der Waals surface area (Å²) in [5, 5.41) is 16.6. The van der Waals surface area contributed by atoms with Crippen molar-refractivity contribution in [3.05, 3.63) is 58.6 Å². The maximum atomic E-state index is 14.4. The molecule has 0 aliphatic rings. The predicted octanol–water partition coefficient (Wildman–Crippen LogP) is 5.21. The third kappa shape index (κ3) is 9.11. The fourth-order valence-corrected chi connectivity index (χ4v) is 4.47. The van der Waals surface area contributed by atoms with Gasteiger partial charge in [-0.2, -0.15) is 0 Å². The average molecular weight is 589 g/mol. The second kappa shape index (κ2) is 13.7. The van der Waals surface area contributed by atoms with Crippen molar-refractivity contribution in [3.8, 4) is 5.75 Å². The topological polar surface area (TPSA) is 151 Å². The fraction of sp³-hybridized carbons (Fsp3) is 0.467. The number of nitrogens with zero attached hydrogens (tertiary/aromatic N) is 1. The minimum Gasteiger partial charge on any atom is -0.508 e. The van der Waals surface area contributed by atoms with Crippen LogP contribution in [0.5, 0.6) is 5.75 Å². The number of benzene rings is 2. The Bertz CT molecular complexity index is 1250. The number of alkyl carbamates (subject to hydrolysis) is 1. The van der Waals surface area contributed by atoms with Gasteiger partial charge in [0.05, 0.1) is 10.7 Å². The molecule has 0 aliphatic heterocycles. The predicted molar refractivity (Wildman–Crippen MR) is 158 cm³/mol. The zero-order chi connectivity index (χ0) is 31.1. The SMILES string of the molecule is CCC(C)(C)N(C(=O)C(CCC(N)=O)NC(=O)OC(C)(C)C)C(C(=O)Nc1c(C)cccc1Cl)c1ccccc1O. The number of para-hydroxylation sites is 2. The molecule has 10 nitrogen and oxygen atoms in total. The number of amides is 4. The van der Waals surface area contributed by atoms with Gasteiger partial charge in [-0.25, -0.2) is 4.79 Å². The van der Waals surface area contributed by atoms with Crippen molar-refractivity contribution < 1.29 is 29.0 Å². The molecule has 2 aromatic rings. The van der Waals surface area contributed by atoms with Gasteiger partial charge in [0.2, 0.25) is 11.8 Å². The first kappa shape index (κ1) is 33.4. The summed E-state index contributed by atoms with van der Waals surface area (Å²) in [7, 11) is 0. The molecular weight excluding hydrogens is 548 g/mol. The number of nitrogens with two attached hydrogens (primary N) is 1. The van der Waals surface area contributed by atoms with Crippen LogP contribution in [0.1, 0.15) is 78.0 Å². The van der Waals surface area contributed by atoms with Crippen LogP contribution in [0, 0.1) is 6.92 Å². The molecule has 0 bridgehead atoms. The van der Waals surface area contributed by atoms with E-state index in [1.54, 1.807) is 77.9 Å². The molecule has 41 heavy (non-hydrogen) atoms. The molecule has 2 rings (SSSR count). The van der Waals surface area contributed by atoms with Crippen LogP contribution in [0.4, 0.5) is 10.5 Å². The maximum absolute atomic E-state index is 14.4. The number of phenolic OH excluding ortho intramolecular Hbond substituents is 1. The standard InChI is InChI=1S/C30H41ClN4O6/c1-8-30(6,7)35(27(39)21(16-17-23(32)37)33-28(40)41-29(3,4)5)25(19-13-9-10-15-22(19)36)26(38)34-24-18(2)12-11-14-20(24)31/h9-15,21,25,36H,8,16-17H2,1-7H3,(H2,32,37)(H,33,40)(H,34,38). The van der Waals surface area contributed by atoms with E-state index in [1.165, 1.54) is 11.0 Å². The van der Waals surface area contributed by atoms with Crippen LogP contribution in [0.2, 0.25) is 5.02 Å². The zero-order valence-electron chi connectivity index (χ0n) is 24.7. The number of primary amides is 1. The molecule has 0 saturated heterocycles. The number of hydrogen-bond donors (Lipinski definition) is 4. The molecule has 2 unspecified atom stereocenters. The van der Waals surface area contributed by atoms with E-state index in [0.717, 1.165) is 0 Å². The highest BCUT2D eigenvalue weighted by Gasteiger charge is 2.44. The highest BCUT2D eigenvalue weighted by molar-refractivity contribution is 6.34. The summed E-state index contributed by atoms with van der Waals surface area (Å²) < 4.78 is 5.36. The minimum atomic E-state index is -1.36. The number of carbonyl (C=O) groups is 4. The minimum absolute atomic E-state index is 0.136. The molecule has 224 valence electrons. The van der Waals surface area contributed by atoms with Crippen molar-refractivity contribution in [2.24, 2.45) is 5.73 Å². The van der Waals surface area contributed by atoms with E-state index in [4.69, 9.17) is 22.1 Å². The normalized spacial score (nSPS) is 13.1. The molecule has 0 heterocycles. The Morgan fingerprint density at radius 1 is 1.05 bits per heavy atom. The largest absolute Gasteiger partial charge is 0.508 e. The third-order valence-corrected chi connectivity index (χ3v) is 6.95. The van der Waals surface area contributed by atoms with E-state index >= 15 is 0 Å². The van der Waals surface area contributed by atoms with Crippen LogP contribution in [-0.4, -0.2) is 51.0 Å². The lowest BCUT2D eigenvalue weighted by atomic mass is 9.91. The third-order valence-electron chi connectivity index (χ3n) is 6.63. The van der Waals surface area contributed by atoms with Crippen LogP contribution < -0.4 is 16.4 Å². The zero-order valence-corrected chi connectivity index (χ0v) is 25.5. The number of anilines is 1. The summed E-state index contributed by atoms with van der Waals surface area (Å²) in [6.07, 6.45) is -0.817. The first-order valence-electron chi connectivity index (χ1n) is 13.4. The highest BCUT2D eigenvalue weighted by Crippen LogP contribution is 2.37. The molecule has 0 aliphatic carbocycles. The quantitative estimate of drug-likeness (QED) is 0.283. The molecule has 4 amide bonds. The van der Waals surface area contributed by atoms with Gasteiger partial charge in [-0.15, -0.1) is 0 Å². The Kier molecular flexibility index (Phi) is 11.2. The van der Waals surface area contributed by atoms with Gasteiger partial charge >= 0.3 is 6.09 Å². The van der Waals surface area contributed by atoms with E-state index in [2.05, 4.69) is 10.6 Å². The number of hydrogen-bond acceptors (Lipinski definition) is 6. The lowest BCUT2D eigenvalue weighted by Crippen LogP contribution is -2.59. The second-order valence-electron chi connectivity index (χ2n) is 11.5. The summed E-state index contributed by atoms with van der Waals surface area (Å²) in [5.74, 6) is -2.17. The Morgan fingerprint density at radius 2 is 1.68 bits per heavy atom. The van der Waals surface area contributed by atoms with Gasteiger partial charge in [-0.05, 0) is 72.1 Å². The molecule has 2 atom stereocenters. The van der Waals surface area contributed by atoms with E-state index in [1.807, 2.05) is 6.92 Å². The van der Waals surface area contributed by atoms with Crippen molar-refractivity contribution in [1.29, 1.82) is 0 Å². The monoisotopic (exact) mass is 588 g/mol. The molecule has 0 saturated carbocycles. The number of aromatic hydroxyl groups is 1. The molecule has 0 aromatic heterocycles. The van der Waals surface area contributed by atoms with Crippen LogP contribution in [0.25, 0.3) is 0 Å². The van der Waals surface area contributed by atoms with E-state index in [9.17, 15) is 24.3 Å². The first-order valence-corrected chi connectivity index (χ1v) is 13.8. The smallest absolute Gasteiger partial charge is 0.408 e. The maximum Gasteiger partial charge on any atom is 0.408 e. The van der Waals surface area contributed by atoms with E-state index < -0.39 is 47.0 Å². The van der Waals surface area contributed by atoms with Gasteiger partial charge in [0.25, 0.3) is 5.91 Å². The summed E-state index contributed by atoms with van der Waals surface area (Å²) in [6, 6.07) is 8.73. The lowest BCUT2D eigenvalue weighted by Gasteiger charge is -2.44. The fourth-order valence-electron chi connectivity index (χ4n) is 4.21. The molecule has 2 aromatic carbocycles. The summed E-state index contributed by atoms with van der Waals surface area (Å²) >= 11 is 6.40.